The first-order valence-corrected chi connectivity index (χ1v) is 16.5. The van der Waals surface area contributed by atoms with E-state index in [4.69, 9.17) is 0 Å². The van der Waals surface area contributed by atoms with Crippen LogP contribution in [0.1, 0.15) is 19.3 Å². The van der Waals surface area contributed by atoms with Crippen LogP contribution in [-0.4, -0.2) is 24.2 Å². The van der Waals surface area contributed by atoms with Crippen molar-refractivity contribution in [3.63, 3.8) is 0 Å². The lowest BCUT2D eigenvalue weighted by molar-refractivity contribution is 0.481. The summed E-state index contributed by atoms with van der Waals surface area (Å²) in [6.07, 6.45) is 3.37. The van der Waals surface area contributed by atoms with Crippen molar-refractivity contribution >= 4 is 24.2 Å². The SMILES string of the molecule is C=C[Si](C=C)(C=C)C1CC([Si](C=C)(C=C)C=C)CC([Si](C=C)(C=C)C=C)C1. The van der Waals surface area contributed by atoms with E-state index in [0.717, 1.165) is 19.3 Å². The molecular weight excluding hydrogens is 373 g/mol. The Labute approximate surface area is 170 Å². The maximum Gasteiger partial charge on any atom is 0.127 e. The first-order chi connectivity index (χ1) is 12.9. The summed E-state index contributed by atoms with van der Waals surface area (Å²) in [6.45, 7) is 37.5. The molecular formula is C24H36Si3. The number of hydrogen-bond acceptors (Lipinski definition) is 0. The molecule has 27 heavy (non-hydrogen) atoms. The minimum absolute atomic E-state index is 0.507. The standard InChI is InChI=1S/C24H36Si3/c1-10-25(11-2,12-3)22-19-23(26(13-4,14-5)15-6)21-24(20-22)27(16-7,17-8)18-9/h10-18,22-24H,1-9,19-21H2. The molecule has 0 aromatic heterocycles. The third-order valence-corrected chi connectivity index (χ3v) is 19.0. The summed E-state index contributed by atoms with van der Waals surface area (Å²) in [7, 11) is -6.01. The van der Waals surface area contributed by atoms with Gasteiger partial charge in [-0.1, -0.05) is 70.6 Å². The summed E-state index contributed by atoms with van der Waals surface area (Å²) in [5.41, 5.74) is 20.7. The van der Waals surface area contributed by atoms with Crippen LogP contribution in [0.25, 0.3) is 0 Å². The van der Waals surface area contributed by atoms with Crippen LogP contribution in [-0.2, 0) is 0 Å². The highest BCUT2D eigenvalue weighted by molar-refractivity contribution is 6.97. The maximum atomic E-state index is 4.17. The van der Waals surface area contributed by atoms with Gasteiger partial charge in [-0.05, 0) is 16.6 Å². The van der Waals surface area contributed by atoms with Gasteiger partial charge in [0.2, 0.25) is 0 Å². The molecule has 0 aliphatic heterocycles. The monoisotopic (exact) mass is 408 g/mol. The smallest absolute Gasteiger partial charge is 0.106 e. The van der Waals surface area contributed by atoms with Crippen molar-refractivity contribution in [2.24, 2.45) is 0 Å². The van der Waals surface area contributed by atoms with E-state index in [0.29, 0.717) is 16.6 Å². The van der Waals surface area contributed by atoms with E-state index in [-0.39, 0.29) is 0 Å². The highest BCUT2D eigenvalue weighted by Gasteiger charge is 2.49. The van der Waals surface area contributed by atoms with Gasteiger partial charge in [0.15, 0.2) is 0 Å². The molecule has 3 heteroatoms. The van der Waals surface area contributed by atoms with Crippen LogP contribution >= 0.6 is 0 Å². The predicted molar refractivity (Wildman–Crippen MR) is 134 cm³/mol. The summed E-state index contributed by atoms with van der Waals surface area (Å²) in [6, 6.07) is 0. The third-order valence-electron chi connectivity index (χ3n) is 7.01. The van der Waals surface area contributed by atoms with Crippen molar-refractivity contribution in [2.45, 2.75) is 35.9 Å². The Morgan fingerprint density at radius 1 is 0.370 bits per heavy atom. The van der Waals surface area contributed by atoms with Gasteiger partial charge < -0.3 is 0 Å². The first-order valence-electron chi connectivity index (χ1n) is 9.59. The zero-order valence-electron chi connectivity index (χ0n) is 16.9. The lowest BCUT2D eigenvalue weighted by Crippen LogP contribution is -2.47. The summed E-state index contributed by atoms with van der Waals surface area (Å²) in [5, 5.41) is 0. The van der Waals surface area contributed by atoms with Gasteiger partial charge in [-0.15, -0.1) is 59.2 Å². The van der Waals surface area contributed by atoms with E-state index in [1.165, 1.54) is 0 Å². The molecule has 0 aromatic rings. The van der Waals surface area contributed by atoms with Gasteiger partial charge >= 0.3 is 0 Å². The molecule has 0 nitrogen and oxygen atoms in total. The van der Waals surface area contributed by atoms with Crippen LogP contribution in [0.5, 0.6) is 0 Å². The second-order valence-corrected chi connectivity index (χ2v) is 19.8. The second-order valence-electron chi connectivity index (χ2n) is 7.63. The average Bonchev–Trinajstić information content (AvgIpc) is 2.73. The fourth-order valence-electron chi connectivity index (χ4n) is 4.79. The minimum Gasteiger partial charge on any atom is -0.106 e. The van der Waals surface area contributed by atoms with Crippen LogP contribution in [0.4, 0.5) is 0 Å². The van der Waals surface area contributed by atoms with E-state index < -0.39 is 24.2 Å². The molecule has 1 aliphatic carbocycles. The molecule has 1 fully saturated rings. The average molecular weight is 409 g/mol. The van der Waals surface area contributed by atoms with Gasteiger partial charge in [0.05, 0.1) is 0 Å². The first kappa shape index (κ1) is 23.4. The van der Waals surface area contributed by atoms with Gasteiger partial charge in [0, 0.05) is 0 Å². The van der Waals surface area contributed by atoms with Crippen molar-refractivity contribution in [1.29, 1.82) is 0 Å². The Hall–Kier alpha value is -1.69. The molecule has 0 spiro atoms. The molecule has 0 N–H and O–H groups in total. The zero-order valence-corrected chi connectivity index (χ0v) is 19.9. The number of rotatable bonds is 12. The lowest BCUT2D eigenvalue weighted by atomic mass is 9.98. The van der Waals surface area contributed by atoms with Gasteiger partial charge in [-0.2, -0.15) is 0 Å². The Morgan fingerprint density at radius 3 is 0.630 bits per heavy atom. The Morgan fingerprint density at radius 2 is 0.519 bits per heavy atom. The van der Waals surface area contributed by atoms with Gasteiger partial charge in [-0.3, -0.25) is 0 Å². The molecule has 0 radical (unpaired) electrons. The molecule has 0 aromatic carbocycles. The largest absolute Gasteiger partial charge is 0.127 e. The normalized spacial score (nSPS) is 23.3. The molecule has 1 aliphatic rings. The van der Waals surface area contributed by atoms with Crippen molar-refractivity contribution in [2.75, 3.05) is 0 Å². The van der Waals surface area contributed by atoms with E-state index in [1.807, 2.05) is 0 Å². The topological polar surface area (TPSA) is 0 Å². The van der Waals surface area contributed by atoms with Crippen LogP contribution < -0.4 is 0 Å². The van der Waals surface area contributed by atoms with E-state index in [1.54, 1.807) is 0 Å². The maximum absolute atomic E-state index is 4.17. The van der Waals surface area contributed by atoms with Gasteiger partial charge in [-0.25, -0.2) is 0 Å². The molecule has 0 bridgehead atoms. The van der Waals surface area contributed by atoms with Crippen molar-refractivity contribution in [3.05, 3.63) is 111 Å². The minimum atomic E-state index is -2.00. The van der Waals surface area contributed by atoms with Crippen LogP contribution in [0.2, 0.25) is 16.6 Å². The van der Waals surface area contributed by atoms with Crippen molar-refractivity contribution < 1.29 is 0 Å². The van der Waals surface area contributed by atoms with Crippen LogP contribution in [0.3, 0.4) is 0 Å². The predicted octanol–water partition coefficient (Wildman–Crippen LogP) is 7.15. The Bertz CT molecular complexity index is 493. The highest BCUT2D eigenvalue weighted by Crippen LogP contribution is 2.55. The van der Waals surface area contributed by atoms with E-state index in [9.17, 15) is 0 Å². The number of hydrogen-bond donors (Lipinski definition) is 0. The summed E-state index contributed by atoms with van der Waals surface area (Å²) in [4.78, 5) is 0. The lowest BCUT2D eigenvalue weighted by Gasteiger charge is -2.48. The summed E-state index contributed by atoms with van der Waals surface area (Å²) < 4.78 is 0. The summed E-state index contributed by atoms with van der Waals surface area (Å²) >= 11 is 0. The zero-order chi connectivity index (χ0) is 20.7. The molecule has 1 rings (SSSR count). The quantitative estimate of drug-likeness (QED) is 0.301. The molecule has 0 unspecified atom stereocenters. The van der Waals surface area contributed by atoms with E-state index in [2.05, 4.69) is 111 Å². The second kappa shape index (κ2) is 9.49. The molecule has 1 saturated carbocycles. The van der Waals surface area contributed by atoms with Crippen LogP contribution in [0, 0.1) is 0 Å². The van der Waals surface area contributed by atoms with Crippen molar-refractivity contribution in [3.8, 4) is 0 Å². The van der Waals surface area contributed by atoms with Crippen LogP contribution in [0.15, 0.2) is 111 Å². The van der Waals surface area contributed by atoms with Crippen molar-refractivity contribution in [1.82, 2.24) is 0 Å². The Balaban J connectivity index is 3.59. The van der Waals surface area contributed by atoms with E-state index >= 15 is 0 Å². The van der Waals surface area contributed by atoms with Gasteiger partial charge in [0.1, 0.15) is 24.2 Å². The molecule has 0 saturated heterocycles. The summed E-state index contributed by atoms with van der Waals surface area (Å²) in [5.74, 6) is 0. The highest BCUT2D eigenvalue weighted by atomic mass is 28.3. The fraction of sp³-hybridized carbons (Fsp3) is 0.250. The van der Waals surface area contributed by atoms with Gasteiger partial charge in [0.25, 0.3) is 0 Å². The third kappa shape index (κ3) is 3.96. The molecule has 0 amide bonds. The molecule has 0 atom stereocenters. The fourth-order valence-corrected chi connectivity index (χ4v) is 14.2. The molecule has 144 valence electrons. The Kier molecular flexibility index (Phi) is 8.21. The molecule has 0 heterocycles.